The third-order valence-electron chi connectivity index (χ3n) is 2.20. The molecular formula is C10H12F3NO2S. The average Bonchev–Trinajstić information content (AvgIpc) is 2.74. The highest BCUT2D eigenvalue weighted by Gasteiger charge is 2.35. The zero-order chi connectivity index (χ0) is 13.1. The second-order valence-electron chi connectivity index (χ2n) is 3.54. The van der Waals surface area contributed by atoms with Crippen molar-refractivity contribution < 1.29 is 22.7 Å². The fourth-order valence-corrected chi connectivity index (χ4v) is 1.86. The minimum atomic E-state index is -4.48. The molecule has 0 spiro atoms. The fourth-order valence-electron chi connectivity index (χ4n) is 1.11. The van der Waals surface area contributed by atoms with Crippen molar-refractivity contribution in [1.82, 2.24) is 4.98 Å². The number of carbonyl (C=O) groups excluding carboxylic acids is 1. The Labute approximate surface area is 101 Å². The molecule has 0 aliphatic rings. The van der Waals surface area contributed by atoms with E-state index in [4.69, 9.17) is 4.74 Å². The first-order valence-corrected chi connectivity index (χ1v) is 5.75. The average molecular weight is 267 g/mol. The van der Waals surface area contributed by atoms with Gasteiger partial charge in [-0.05, 0) is 13.3 Å². The topological polar surface area (TPSA) is 39.2 Å². The molecule has 1 atom stereocenters. The molecule has 96 valence electrons. The van der Waals surface area contributed by atoms with Crippen molar-refractivity contribution in [2.45, 2.75) is 32.0 Å². The number of nitrogens with zero attached hydrogens (tertiary/aromatic N) is 1. The lowest BCUT2D eigenvalue weighted by molar-refractivity contribution is -0.137. The summed E-state index contributed by atoms with van der Waals surface area (Å²) in [4.78, 5) is 14.8. The maximum atomic E-state index is 12.2. The van der Waals surface area contributed by atoms with Gasteiger partial charge in [-0.1, -0.05) is 0 Å². The second-order valence-corrected chi connectivity index (χ2v) is 4.57. The fraction of sp³-hybridized carbons (Fsp3) is 0.600. The summed E-state index contributed by atoms with van der Waals surface area (Å²) in [6.07, 6.45) is -2.95. The largest absolute Gasteiger partial charge is 0.443 e. The number of rotatable bonds is 5. The van der Waals surface area contributed by atoms with Gasteiger partial charge >= 0.3 is 6.18 Å². The number of halogens is 3. The van der Waals surface area contributed by atoms with Gasteiger partial charge in [0.2, 0.25) is 0 Å². The van der Waals surface area contributed by atoms with Crippen molar-refractivity contribution in [3.8, 4) is 0 Å². The van der Waals surface area contributed by atoms with Gasteiger partial charge in [0, 0.05) is 19.7 Å². The first kappa shape index (κ1) is 14.1. The first-order valence-electron chi connectivity index (χ1n) is 4.93. The van der Waals surface area contributed by atoms with Crippen LogP contribution in [0, 0.1) is 0 Å². The molecule has 0 saturated heterocycles. The summed E-state index contributed by atoms with van der Waals surface area (Å²) in [5, 5.41) is -0.986. The smallest absolute Gasteiger partial charge is 0.382 e. The van der Waals surface area contributed by atoms with E-state index in [-0.39, 0.29) is 23.2 Å². The van der Waals surface area contributed by atoms with Crippen molar-refractivity contribution in [2.24, 2.45) is 0 Å². The first-order chi connectivity index (χ1) is 7.84. The molecule has 0 bridgehead atoms. The molecule has 0 N–H and O–H groups in total. The Bertz CT molecular complexity index is 389. The molecule has 0 amide bonds. The zero-order valence-electron chi connectivity index (χ0n) is 9.37. The molecule has 0 aliphatic heterocycles. The molecule has 1 rings (SSSR count). The van der Waals surface area contributed by atoms with Crippen LogP contribution >= 0.6 is 11.3 Å². The minimum absolute atomic E-state index is 0.0422. The van der Waals surface area contributed by atoms with Crippen molar-refractivity contribution in [1.29, 1.82) is 0 Å². The van der Waals surface area contributed by atoms with Crippen LogP contribution in [-0.2, 0) is 10.9 Å². The van der Waals surface area contributed by atoms with E-state index >= 15 is 0 Å². The molecule has 1 unspecified atom stereocenters. The van der Waals surface area contributed by atoms with Gasteiger partial charge in [-0.3, -0.25) is 4.79 Å². The molecule has 17 heavy (non-hydrogen) atoms. The van der Waals surface area contributed by atoms with Crippen LogP contribution in [0.5, 0.6) is 0 Å². The monoisotopic (exact) mass is 267 g/mol. The van der Waals surface area contributed by atoms with Crippen LogP contribution in [0.4, 0.5) is 13.2 Å². The van der Waals surface area contributed by atoms with Crippen LogP contribution in [-0.4, -0.2) is 24.0 Å². The lowest BCUT2D eigenvalue weighted by Crippen LogP contribution is -2.07. The number of hydrogen-bond donors (Lipinski definition) is 0. The second kappa shape index (κ2) is 5.59. The molecule has 1 heterocycles. The van der Waals surface area contributed by atoms with Gasteiger partial charge in [-0.25, -0.2) is 4.98 Å². The molecular weight excluding hydrogens is 255 g/mol. The molecule has 3 nitrogen and oxygen atoms in total. The van der Waals surface area contributed by atoms with E-state index in [0.29, 0.717) is 17.8 Å². The highest BCUT2D eigenvalue weighted by atomic mass is 32.1. The van der Waals surface area contributed by atoms with Crippen LogP contribution in [0.2, 0.25) is 0 Å². The van der Waals surface area contributed by atoms with E-state index in [2.05, 4.69) is 4.98 Å². The molecule has 1 aromatic heterocycles. The molecule has 0 radical (unpaired) electrons. The summed E-state index contributed by atoms with van der Waals surface area (Å²) >= 11 is 0.381. The third-order valence-corrected chi connectivity index (χ3v) is 3.29. The number of alkyl halides is 3. The number of aromatic nitrogens is 1. The van der Waals surface area contributed by atoms with E-state index in [1.807, 2.05) is 0 Å². The number of Topliss-reactive ketones (excluding diaryl/α,β-unsaturated/α-hetero) is 1. The van der Waals surface area contributed by atoms with E-state index < -0.39 is 11.2 Å². The van der Waals surface area contributed by atoms with Gasteiger partial charge in [-0.2, -0.15) is 13.2 Å². The summed E-state index contributed by atoms with van der Waals surface area (Å²) < 4.78 is 41.7. The normalized spacial score (nSPS) is 13.7. The van der Waals surface area contributed by atoms with E-state index in [1.54, 1.807) is 6.92 Å². The Balaban J connectivity index is 2.61. The van der Waals surface area contributed by atoms with Crippen LogP contribution in [0.3, 0.4) is 0 Å². The maximum absolute atomic E-state index is 12.2. The van der Waals surface area contributed by atoms with Gasteiger partial charge in [0.1, 0.15) is 0 Å². The van der Waals surface area contributed by atoms with Crippen LogP contribution < -0.4 is 0 Å². The molecule has 0 aliphatic carbocycles. The highest BCUT2D eigenvalue weighted by Crippen LogP contribution is 2.32. The quantitative estimate of drug-likeness (QED) is 0.769. The minimum Gasteiger partial charge on any atom is -0.382 e. The molecule has 0 saturated carbocycles. The summed E-state index contributed by atoms with van der Waals surface area (Å²) in [5.74, 6) is -0.332. The Morgan fingerprint density at radius 3 is 2.71 bits per heavy atom. The van der Waals surface area contributed by atoms with Crippen LogP contribution in [0.15, 0.2) is 6.20 Å². The van der Waals surface area contributed by atoms with Crippen molar-refractivity contribution >= 4 is 17.1 Å². The number of methoxy groups -OCH3 is 1. The standard InChI is InChI=1S/C10H12F3NO2S/c1-6(16-2)3-4-7(15)8-5-14-9(17-8)10(11,12)13/h5-6H,3-4H2,1-2H3. The number of hydrogen-bond acceptors (Lipinski definition) is 4. The Morgan fingerprint density at radius 2 is 2.24 bits per heavy atom. The van der Waals surface area contributed by atoms with Gasteiger partial charge in [0.25, 0.3) is 0 Å². The predicted octanol–water partition coefficient (Wildman–Crippen LogP) is 3.16. The Morgan fingerprint density at radius 1 is 1.59 bits per heavy atom. The van der Waals surface area contributed by atoms with E-state index in [9.17, 15) is 18.0 Å². The lowest BCUT2D eigenvalue weighted by Gasteiger charge is -2.06. The molecule has 0 fully saturated rings. The van der Waals surface area contributed by atoms with Gasteiger partial charge < -0.3 is 4.74 Å². The maximum Gasteiger partial charge on any atom is 0.443 e. The van der Waals surface area contributed by atoms with Crippen molar-refractivity contribution in [3.05, 3.63) is 16.1 Å². The predicted molar refractivity (Wildman–Crippen MR) is 57.2 cm³/mol. The Hall–Kier alpha value is -0.950. The van der Waals surface area contributed by atoms with E-state index in [0.717, 1.165) is 6.20 Å². The lowest BCUT2D eigenvalue weighted by atomic mass is 10.1. The van der Waals surface area contributed by atoms with Crippen molar-refractivity contribution in [3.63, 3.8) is 0 Å². The summed E-state index contributed by atoms with van der Waals surface area (Å²) in [5.41, 5.74) is 0. The number of ketones is 1. The summed E-state index contributed by atoms with van der Waals surface area (Å²) in [6, 6.07) is 0. The highest BCUT2D eigenvalue weighted by molar-refractivity contribution is 7.13. The number of carbonyl (C=O) groups is 1. The molecule has 7 heteroatoms. The number of thiazole rings is 1. The van der Waals surface area contributed by atoms with Crippen LogP contribution in [0.1, 0.15) is 34.4 Å². The van der Waals surface area contributed by atoms with Crippen LogP contribution in [0.25, 0.3) is 0 Å². The van der Waals surface area contributed by atoms with Crippen molar-refractivity contribution in [2.75, 3.05) is 7.11 Å². The molecule has 0 aromatic carbocycles. The van der Waals surface area contributed by atoms with Gasteiger partial charge in [0.05, 0.1) is 11.0 Å². The summed E-state index contributed by atoms with van der Waals surface area (Å²) in [7, 11) is 1.52. The SMILES string of the molecule is COC(C)CCC(=O)c1cnc(C(F)(F)F)s1. The van der Waals surface area contributed by atoms with Gasteiger partial charge in [0.15, 0.2) is 10.8 Å². The molecule has 1 aromatic rings. The Kier molecular flexibility index (Phi) is 4.64. The van der Waals surface area contributed by atoms with E-state index in [1.165, 1.54) is 7.11 Å². The number of ether oxygens (including phenoxy) is 1. The third kappa shape index (κ3) is 4.08. The van der Waals surface area contributed by atoms with Gasteiger partial charge in [-0.15, -0.1) is 11.3 Å². The zero-order valence-corrected chi connectivity index (χ0v) is 10.2. The summed E-state index contributed by atoms with van der Waals surface area (Å²) in [6.45, 7) is 1.79.